The van der Waals surface area contributed by atoms with E-state index in [2.05, 4.69) is 42.3 Å². The van der Waals surface area contributed by atoms with Gasteiger partial charge in [0.2, 0.25) is 0 Å². The molecule has 170 valence electrons. The lowest BCUT2D eigenvalue weighted by Gasteiger charge is -2.27. The topological polar surface area (TPSA) is 116 Å². The summed E-state index contributed by atoms with van der Waals surface area (Å²) in [4.78, 5) is 23.6. The van der Waals surface area contributed by atoms with Gasteiger partial charge in [0.25, 0.3) is 5.56 Å². The summed E-state index contributed by atoms with van der Waals surface area (Å²) in [5.41, 5.74) is 2.90. The Morgan fingerprint density at radius 3 is 2.88 bits per heavy atom. The van der Waals surface area contributed by atoms with E-state index < -0.39 is 17.6 Å². The molecule has 33 heavy (non-hydrogen) atoms. The van der Waals surface area contributed by atoms with Crippen molar-refractivity contribution in [1.82, 2.24) is 24.8 Å². The SMILES string of the molecule is Cc1ncnc2c1ccn2[C@@H]1C[C@@]2(CN[C@H](c3ccc4cc(Br)c(=O)[nH]c4c3)C2)[C@@H](O)[C@H]1O. The summed E-state index contributed by atoms with van der Waals surface area (Å²) >= 11 is 3.28. The van der Waals surface area contributed by atoms with Gasteiger partial charge in [-0.25, -0.2) is 9.97 Å². The number of nitrogens with one attached hydrogen (secondary N) is 2. The average molecular weight is 510 g/mol. The second-order valence-electron chi connectivity index (χ2n) is 9.42. The smallest absolute Gasteiger partial charge is 0.262 e. The number of halogens is 1. The molecule has 3 aromatic heterocycles. The number of aromatic nitrogens is 4. The van der Waals surface area contributed by atoms with Crippen molar-refractivity contribution in [3.8, 4) is 0 Å². The molecule has 4 N–H and O–H groups in total. The molecule has 4 aromatic rings. The van der Waals surface area contributed by atoms with Crippen LogP contribution in [0, 0.1) is 12.3 Å². The van der Waals surface area contributed by atoms with Gasteiger partial charge in [0, 0.05) is 35.1 Å². The normalized spacial score (nSPS) is 29.6. The van der Waals surface area contributed by atoms with Gasteiger partial charge in [-0.1, -0.05) is 12.1 Å². The van der Waals surface area contributed by atoms with Gasteiger partial charge in [-0.3, -0.25) is 4.79 Å². The van der Waals surface area contributed by atoms with Crippen LogP contribution < -0.4 is 10.9 Å². The lowest BCUT2D eigenvalue weighted by Crippen LogP contribution is -2.38. The van der Waals surface area contributed by atoms with Crippen LogP contribution in [0.2, 0.25) is 0 Å². The van der Waals surface area contributed by atoms with E-state index in [0.29, 0.717) is 23.9 Å². The highest BCUT2D eigenvalue weighted by Gasteiger charge is 2.56. The van der Waals surface area contributed by atoms with Crippen molar-refractivity contribution in [1.29, 1.82) is 0 Å². The van der Waals surface area contributed by atoms with Crippen molar-refractivity contribution in [3.05, 3.63) is 68.9 Å². The molecule has 1 aliphatic heterocycles. The molecule has 4 heterocycles. The number of hydrogen-bond donors (Lipinski definition) is 4. The number of aliphatic hydroxyl groups excluding tert-OH is 2. The largest absolute Gasteiger partial charge is 0.390 e. The zero-order chi connectivity index (χ0) is 22.9. The van der Waals surface area contributed by atoms with Crippen LogP contribution in [0.5, 0.6) is 0 Å². The standard InChI is InChI=1S/C24H24BrN5O3/c1-12-15-4-5-30(22(15)28-11-27-12)19-9-24(21(32)20(19)31)8-18(26-10-24)14-3-2-13-6-16(25)23(33)29-17(13)7-14/h2-7,11,18-21,26,31-32H,8-10H2,1H3,(H,29,33)/t18-,19+,20-,21-,24-/m0/s1. The van der Waals surface area contributed by atoms with Gasteiger partial charge in [0.1, 0.15) is 18.1 Å². The number of H-pyrrole nitrogens is 1. The second-order valence-corrected chi connectivity index (χ2v) is 10.3. The molecule has 0 bridgehead atoms. The summed E-state index contributed by atoms with van der Waals surface area (Å²) in [7, 11) is 0. The molecule has 2 aliphatic rings. The Labute approximate surface area is 197 Å². The Balaban J connectivity index is 1.31. The molecule has 6 rings (SSSR count). The fraction of sp³-hybridized carbons (Fsp3) is 0.375. The van der Waals surface area contributed by atoms with Crippen molar-refractivity contribution in [2.75, 3.05) is 6.54 Å². The van der Waals surface area contributed by atoms with Crippen molar-refractivity contribution < 1.29 is 10.2 Å². The summed E-state index contributed by atoms with van der Waals surface area (Å²) in [6, 6.07) is 9.58. The van der Waals surface area contributed by atoms with Gasteiger partial charge in [-0.2, -0.15) is 0 Å². The second kappa shape index (κ2) is 7.46. The number of rotatable bonds is 2. The van der Waals surface area contributed by atoms with Gasteiger partial charge < -0.3 is 25.1 Å². The third-order valence-electron chi connectivity index (χ3n) is 7.56. The molecule has 2 fully saturated rings. The van der Waals surface area contributed by atoms with Crippen LogP contribution in [0.3, 0.4) is 0 Å². The molecule has 1 spiro atoms. The first-order valence-electron chi connectivity index (χ1n) is 11.1. The van der Waals surface area contributed by atoms with Crippen LogP contribution in [0.15, 0.2) is 52.1 Å². The fourth-order valence-corrected chi connectivity index (χ4v) is 6.11. The Bertz CT molecular complexity index is 1450. The maximum Gasteiger partial charge on any atom is 0.262 e. The number of fused-ring (bicyclic) bond motifs is 2. The highest BCUT2D eigenvalue weighted by Crippen LogP contribution is 2.52. The highest BCUT2D eigenvalue weighted by molar-refractivity contribution is 9.10. The molecule has 0 amide bonds. The Kier molecular flexibility index (Phi) is 4.74. The Hall–Kier alpha value is -2.59. The number of aromatic amines is 1. The van der Waals surface area contributed by atoms with Crippen LogP contribution in [0.4, 0.5) is 0 Å². The minimum absolute atomic E-state index is 0.0214. The molecule has 5 atom stereocenters. The van der Waals surface area contributed by atoms with E-state index in [-0.39, 0.29) is 17.6 Å². The van der Waals surface area contributed by atoms with Crippen molar-refractivity contribution >= 4 is 37.9 Å². The van der Waals surface area contributed by atoms with E-state index in [1.807, 2.05) is 42.0 Å². The number of benzene rings is 1. The zero-order valence-corrected chi connectivity index (χ0v) is 19.6. The van der Waals surface area contributed by atoms with E-state index >= 15 is 0 Å². The number of pyridine rings is 1. The van der Waals surface area contributed by atoms with E-state index in [1.54, 1.807) is 0 Å². The monoisotopic (exact) mass is 509 g/mol. The lowest BCUT2D eigenvalue weighted by atomic mass is 9.80. The van der Waals surface area contributed by atoms with Crippen LogP contribution in [-0.4, -0.2) is 48.5 Å². The number of aliphatic hydroxyl groups is 2. The molecule has 1 saturated carbocycles. The number of hydrogen-bond acceptors (Lipinski definition) is 6. The Morgan fingerprint density at radius 2 is 2.03 bits per heavy atom. The first-order valence-corrected chi connectivity index (χ1v) is 11.9. The fourth-order valence-electron chi connectivity index (χ4n) is 5.76. The van der Waals surface area contributed by atoms with Crippen LogP contribution in [0.25, 0.3) is 21.9 Å². The maximum absolute atomic E-state index is 12.0. The highest BCUT2D eigenvalue weighted by atomic mass is 79.9. The maximum atomic E-state index is 12.0. The summed E-state index contributed by atoms with van der Waals surface area (Å²) < 4.78 is 2.49. The van der Waals surface area contributed by atoms with Gasteiger partial charge >= 0.3 is 0 Å². The van der Waals surface area contributed by atoms with Gasteiger partial charge in [0.05, 0.1) is 22.3 Å². The quantitative estimate of drug-likeness (QED) is 0.330. The first-order chi connectivity index (χ1) is 15.9. The van der Waals surface area contributed by atoms with Crippen molar-refractivity contribution in [2.24, 2.45) is 5.41 Å². The molecule has 8 nitrogen and oxygen atoms in total. The summed E-state index contributed by atoms with van der Waals surface area (Å²) in [5.74, 6) is 0. The third kappa shape index (κ3) is 3.18. The number of nitrogens with zero attached hydrogens (tertiary/aromatic N) is 3. The van der Waals surface area contributed by atoms with Gasteiger partial charge in [-0.05, 0) is 64.8 Å². The molecule has 9 heteroatoms. The molecule has 1 aliphatic carbocycles. The van der Waals surface area contributed by atoms with E-state index in [9.17, 15) is 15.0 Å². The number of aryl methyl sites for hydroxylation is 1. The Morgan fingerprint density at radius 1 is 1.18 bits per heavy atom. The molecule has 1 saturated heterocycles. The van der Waals surface area contributed by atoms with Gasteiger partial charge in [0.15, 0.2) is 0 Å². The molecule has 0 unspecified atom stereocenters. The lowest BCUT2D eigenvalue weighted by molar-refractivity contribution is -0.0218. The molecule has 1 aromatic carbocycles. The summed E-state index contributed by atoms with van der Waals surface area (Å²) in [6.07, 6.45) is 3.07. The molecule has 0 radical (unpaired) electrons. The van der Waals surface area contributed by atoms with E-state index in [4.69, 9.17) is 0 Å². The predicted octanol–water partition coefficient (Wildman–Crippen LogP) is 2.73. The van der Waals surface area contributed by atoms with Crippen molar-refractivity contribution in [2.45, 2.75) is 44.1 Å². The third-order valence-corrected chi connectivity index (χ3v) is 8.15. The van der Waals surface area contributed by atoms with Crippen LogP contribution in [-0.2, 0) is 0 Å². The van der Waals surface area contributed by atoms with E-state index in [1.165, 1.54) is 6.33 Å². The predicted molar refractivity (Wildman–Crippen MR) is 128 cm³/mol. The minimum Gasteiger partial charge on any atom is -0.390 e. The van der Waals surface area contributed by atoms with Crippen LogP contribution in [0.1, 0.15) is 36.2 Å². The van der Waals surface area contributed by atoms with E-state index in [0.717, 1.165) is 33.2 Å². The van der Waals surface area contributed by atoms with Crippen molar-refractivity contribution in [3.63, 3.8) is 0 Å². The zero-order valence-electron chi connectivity index (χ0n) is 18.0. The van der Waals surface area contributed by atoms with Crippen LogP contribution >= 0.6 is 15.9 Å². The molecular weight excluding hydrogens is 486 g/mol. The minimum atomic E-state index is -0.887. The van der Waals surface area contributed by atoms with Gasteiger partial charge in [-0.15, -0.1) is 0 Å². The summed E-state index contributed by atoms with van der Waals surface area (Å²) in [5, 5.41) is 27.7. The first kappa shape index (κ1) is 21.0. The average Bonchev–Trinajstić information content (AvgIpc) is 3.48. The molecular formula is C24H24BrN5O3. The summed E-state index contributed by atoms with van der Waals surface area (Å²) in [6.45, 7) is 2.55.